The Morgan fingerprint density at radius 2 is 2.27 bits per heavy atom. The summed E-state index contributed by atoms with van der Waals surface area (Å²) in [4.78, 5) is 11.1. The van der Waals surface area contributed by atoms with Gasteiger partial charge in [0.2, 0.25) is 0 Å². The Balaban J connectivity index is 2.62. The number of carbonyl (C=O) groups excluding carboxylic acids is 1. The molecule has 0 heterocycles. The average molecular weight is 211 g/mol. The van der Waals surface area contributed by atoms with Crippen molar-refractivity contribution in [3.63, 3.8) is 0 Å². The summed E-state index contributed by atoms with van der Waals surface area (Å²) in [6.07, 6.45) is 0. The minimum atomic E-state index is -0.634. The van der Waals surface area contributed by atoms with Crippen LogP contribution in [0, 0.1) is 12.7 Å². The molecule has 0 saturated carbocycles. The van der Waals surface area contributed by atoms with E-state index in [-0.39, 0.29) is 12.4 Å². The van der Waals surface area contributed by atoms with Gasteiger partial charge in [-0.3, -0.25) is 4.79 Å². The summed E-state index contributed by atoms with van der Waals surface area (Å²) in [7, 11) is 0. The summed E-state index contributed by atoms with van der Waals surface area (Å²) in [6.45, 7) is 3.45. The number of ether oxygens (including phenoxy) is 1. The lowest BCUT2D eigenvalue weighted by molar-refractivity contribution is -0.146. The highest BCUT2D eigenvalue weighted by Crippen LogP contribution is 2.11. The molecule has 82 valence electrons. The number of aryl methyl sites for hydroxylation is 1. The van der Waals surface area contributed by atoms with Crippen molar-refractivity contribution in [2.45, 2.75) is 26.5 Å². The highest BCUT2D eigenvalue weighted by molar-refractivity contribution is 5.74. The Morgan fingerprint density at radius 3 is 2.80 bits per heavy atom. The van der Waals surface area contributed by atoms with E-state index in [0.29, 0.717) is 0 Å². The standard InChI is InChI=1S/C11H14FNO2/c1-7-5-10(12)4-3-9(7)6-15-11(14)8(2)13/h3-5,8H,6,13H2,1-2H3/t8-/m0/s1. The molecule has 0 aromatic heterocycles. The zero-order chi connectivity index (χ0) is 11.4. The van der Waals surface area contributed by atoms with Gasteiger partial charge in [0.15, 0.2) is 0 Å². The summed E-state index contributed by atoms with van der Waals surface area (Å²) >= 11 is 0. The Bertz CT molecular complexity index is 364. The lowest BCUT2D eigenvalue weighted by Crippen LogP contribution is -2.28. The maximum atomic E-state index is 12.7. The molecule has 0 aliphatic heterocycles. The molecule has 0 bridgehead atoms. The molecule has 1 rings (SSSR count). The van der Waals surface area contributed by atoms with E-state index in [9.17, 15) is 9.18 Å². The zero-order valence-corrected chi connectivity index (χ0v) is 8.79. The number of rotatable bonds is 3. The smallest absolute Gasteiger partial charge is 0.322 e. The Labute approximate surface area is 88.0 Å². The van der Waals surface area contributed by atoms with E-state index < -0.39 is 12.0 Å². The van der Waals surface area contributed by atoms with E-state index in [1.807, 2.05) is 0 Å². The van der Waals surface area contributed by atoms with Crippen molar-refractivity contribution in [2.75, 3.05) is 0 Å². The summed E-state index contributed by atoms with van der Waals surface area (Å²) in [5.74, 6) is -0.756. The number of nitrogens with two attached hydrogens (primary N) is 1. The molecule has 0 amide bonds. The maximum absolute atomic E-state index is 12.7. The molecule has 1 aromatic carbocycles. The molecule has 0 aliphatic rings. The third kappa shape index (κ3) is 3.32. The summed E-state index contributed by atoms with van der Waals surface area (Å²) in [5.41, 5.74) is 6.87. The third-order valence-corrected chi connectivity index (χ3v) is 2.05. The molecule has 1 atom stereocenters. The van der Waals surface area contributed by atoms with E-state index in [0.717, 1.165) is 11.1 Å². The second-order valence-electron chi connectivity index (χ2n) is 3.47. The van der Waals surface area contributed by atoms with Crippen molar-refractivity contribution in [3.05, 3.63) is 35.1 Å². The van der Waals surface area contributed by atoms with Gasteiger partial charge in [-0.15, -0.1) is 0 Å². The largest absolute Gasteiger partial charge is 0.460 e. The topological polar surface area (TPSA) is 52.3 Å². The van der Waals surface area contributed by atoms with Crippen molar-refractivity contribution in [1.29, 1.82) is 0 Å². The molecule has 0 spiro atoms. The molecule has 0 fully saturated rings. The first-order chi connectivity index (χ1) is 7.00. The Hall–Kier alpha value is -1.42. The number of halogens is 1. The van der Waals surface area contributed by atoms with Gasteiger partial charge in [0.1, 0.15) is 18.5 Å². The minimum absolute atomic E-state index is 0.131. The Morgan fingerprint density at radius 1 is 1.60 bits per heavy atom. The summed E-state index contributed by atoms with van der Waals surface area (Å²) in [5, 5.41) is 0. The second kappa shape index (κ2) is 4.89. The van der Waals surface area contributed by atoms with Crippen LogP contribution < -0.4 is 5.73 Å². The van der Waals surface area contributed by atoms with Crippen LogP contribution in [0.25, 0.3) is 0 Å². The summed E-state index contributed by atoms with van der Waals surface area (Å²) < 4.78 is 17.7. The highest BCUT2D eigenvalue weighted by atomic mass is 19.1. The lowest BCUT2D eigenvalue weighted by Gasteiger charge is -2.09. The number of esters is 1. The third-order valence-electron chi connectivity index (χ3n) is 2.05. The van der Waals surface area contributed by atoms with Crippen LogP contribution in [0.3, 0.4) is 0 Å². The SMILES string of the molecule is Cc1cc(F)ccc1COC(=O)[C@H](C)N. The van der Waals surface area contributed by atoms with Crippen LogP contribution in [0.15, 0.2) is 18.2 Å². The molecule has 0 radical (unpaired) electrons. The van der Waals surface area contributed by atoms with Gasteiger partial charge in [-0.2, -0.15) is 0 Å². The van der Waals surface area contributed by atoms with Gasteiger partial charge in [-0.1, -0.05) is 6.07 Å². The quantitative estimate of drug-likeness (QED) is 0.771. The first-order valence-electron chi connectivity index (χ1n) is 4.68. The molecule has 1 aromatic rings. The van der Waals surface area contributed by atoms with Gasteiger partial charge in [0, 0.05) is 0 Å². The van der Waals surface area contributed by atoms with Gasteiger partial charge in [0.25, 0.3) is 0 Å². The van der Waals surface area contributed by atoms with Crippen LogP contribution >= 0.6 is 0 Å². The fraction of sp³-hybridized carbons (Fsp3) is 0.364. The normalized spacial score (nSPS) is 12.3. The van der Waals surface area contributed by atoms with E-state index in [4.69, 9.17) is 10.5 Å². The molecule has 3 nitrogen and oxygen atoms in total. The molecule has 2 N–H and O–H groups in total. The van der Waals surface area contributed by atoms with E-state index >= 15 is 0 Å². The first-order valence-corrected chi connectivity index (χ1v) is 4.68. The molecule has 4 heteroatoms. The monoisotopic (exact) mass is 211 g/mol. The summed E-state index contributed by atoms with van der Waals surface area (Å²) in [6, 6.07) is 3.70. The molecular formula is C11H14FNO2. The van der Waals surface area contributed by atoms with Crippen LogP contribution in [0.5, 0.6) is 0 Å². The van der Waals surface area contributed by atoms with Gasteiger partial charge in [0.05, 0.1) is 0 Å². The average Bonchev–Trinajstić information content (AvgIpc) is 2.15. The van der Waals surface area contributed by atoms with Gasteiger partial charge >= 0.3 is 5.97 Å². The van der Waals surface area contributed by atoms with Gasteiger partial charge in [-0.05, 0) is 37.1 Å². The second-order valence-corrected chi connectivity index (χ2v) is 3.47. The van der Waals surface area contributed by atoms with E-state index in [2.05, 4.69) is 0 Å². The Kier molecular flexibility index (Phi) is 3.80. The van der Waals surface area contributed by atoms with Crippen LogP contribution in [-0.4, -0.2) is 12.0 Å². The fourth-order valence-corrected chi connectivity index (χ4v) is 1.10. The number of hydrogen-bond donors (Lipinski definition) is 1. The minimum Gasteiger partial charge on any atom is -0.460 e. The molecule has 0 aliphatic carbocycles. The van der Waals surface area contributed by atoms with Crippen LogP contribution in [-0.2, 0) is 16.1 Å². The lowest BCUT2D eigenvalue weighted by atomic mass is 10.1. The van der Waals surface area contributed by atoms with Crippen LogP contribution in [0.2, 0.25) is 0 Å². The first kappa shape index (κ1) is 11.7. The molecule has 0 saturated heterocycles. The van der Waals surface area contributed by atoms with Crippen molar-refractivity contribution in [1.82, 2.24) is 0 Å². The predicted octanol–water partition coefficient (Wildman–Crippen LogP) is 1.52. The number of carbonyl (C=O) groups is 1. The molecular weight excluding hydrogens is 197 g/mol. The van der Waals surface area contributed by atoms with Gasteiger partial charge in [-0.25, -0.2) is 4.39 Å². The zero-order valence-electron chi connectivity index (χ0n) is 8.79. The van der Waals surface area contributed by atoms with E-state index in [1.54, 1.807) is 19.9 Å². The van der Waals surface area contributed by atoms with Gasteiger partial charge < -0.3 is 10.5 Å². The maximum Gasteiger partial charge on any atom is 0.322 e. The van der Waals surface area contributed by atoms with Crippen LogP contribution in [0.1, 0.15) is 18.1 Å². The predicted molar refractivity (Wildman–Crippen MR) is 54.6 cm³/mol. The number of benzene rings is 1. The molecule has 15 heavy (non-hydrogen) atoms. The highest BCUT2D eigenvalue weighted by Gasteiger charge is 2.09. The van der Waals surface area contributed by atoms with Crippen LogP contribution in [0.4, 0.5) is 4.39 Å². The van der Waals surface area contributed by atoms with Crippen molar-refractivity contribution in [2.24, 2.45) is 5.73 Å². The van der Waals surface area contributed by atoms with E-state index in [1.165, 1.54) is 12.1 Å². The number of hydrogen-bond acceptors (Lipinski definition) is 3. The molecule has 0 unspecified atom stereocenters. The fourth-order valence-electron chi connectivity index (χ4n) is 1.10. The van der Waals surface area contributed by atoms with Crippen molar-refractivity contribution >= 4 is 5.97 Å². The van der Waals surface area contributed by atoms with Crippen molar-refractivity contribution in [3.8, 4) is 0 Å². The van der Waals surface area contributed by atoms with Crippen molar-refractivity contribution < 1.29 is 13.9 Å².